The first-order valence-electron chi connectivity index (χ1n) is 3.68. The highest BCUT2D eigenvalue weighted by atomic mass is 19.4. The molecule has 3 nitrogen and oxygen atoms in total. The predicted octanol–water partition coefficient (Wildman–Crippen LogP) is 3.07. The largest absolute Gasteiger partial charge is 0.524 e. The molecule has 0 spiro atoms. The van der Waals surface area contributed by atoms with Crippen molar-refractivity contribution in [3.63, 3.8) is 0 Å². The predicted molar refractivity (Wildman–Crippen MR) is 39.5 cm³/mol. The summed E-state index contributed by atoms with van der Waals surface area (Å²) < 4.78 is 94.6. The molecule has 12 heteroatoms. The third-order valence-corrected chi connectivity index (χ3v) is 1.06. The maximum absolute atomic E-state index is 11.4. The first kappa shape index (κ1) is 22.4. The molecule has 0 amide bonds. The van der Waals surface area contributed by atoms with Crippen molar-refractivity contribution in [3.8, 4) is 0 Å². The molecule has 0 bridgehead atoms. The Morgan fingerprint density at radius 3 is 1.56 bits per heavy atom. The lowest BCUT2D eigenvalue weighted by Crippen LogP contribution is -2.32. The van der Waals surface area contributed by atoms with Crippen LogP contribution in [0.5, 0.6) is 0 Å². The molecule has 0 rings (SSSR count). The molecule has 0 aromatic rings. The van der Waals surface area contributed by atoms with Crippen molar-refractivity contribution in [2.24, 2.45) is 0 Å². The van der Waals surface area contributed by atoms with E-state index in [0.717, 1.165) is 7.11 Å². The van der Waals surface area contributed by atoms with Crippen molar-refractivity contribution in [1.82, 2.24) is 0 Å². The lowest BCUT2D eigenvalue weighted by Gasteiger charge is -2.13. The number of methoxy groups -OCH3 is 1. The quantitative estimate of drug-likeness (QED) is 0.590. The van der Waals surface area contributed by atoms with Gasteiger partial charge in [-0.1, -0.05) is 0 Å². The van der Waals surface area contributed by atoms with Gasteiger partial charge in [0, 0.05) is 7.11 Å². The first-order valence-corrected chi connectivity index (χ1v) is 3.68. The van der Waals surface area contributed by atoms with Gasteiger partial charge in [-0.15, -0.1) is 13.2 Å². The van der Waals surface area contributed by atoms with Crippen molar-refractivity contribution < 1.29 is 54.4 Å². The lowest BCUT2D eigenvalue weighted by atomic mass is 10.4. The van der Waals surface area contributed by atoms with E-state index in [1.807, 2.05) is 0 Å². The fraction of sp³-hybridized carbons (Fsp3) is 1.00. The molecule has 0 saturated heterocycles. The van der Waals surface area contributed by atoms with E-state index in [4.69, 9.17) is 0 Å². The number of ether oxygens (including phenoxy) is 2. The van der Waals surface area contributed by atoms with Gasteiger partial charge in [0.05, 0.1) is 0 Å². The lowest BCUT2D eigenvalue weighted by molar-refractivity contribution is -0.374. The first-order chi connectivity index (χ1) is 7.58. The Labute approximate surface area is 94.9 Å². The Hall–Kier alpha value is -0.750. The van der Waals surface area contributed by atoms with E-state index < -0.39 is 32.1 Å². The minimum Gasteiger partial charge on any atom is -0.369 e. The number of hydrogen-bond acceptors (Lipinski definition) is 3. The topological polar surface area (TPSA) is 27.7 Å². The van der Waals surface area contributed by atoms with Crippen LogP contribution < -0.4 is 0 Å². The molecule has 0 aromatic heterocycles. The monoisotopic (exact) mass is 300 g/mol. The molecule has 0 N–H and O–H groups in total. The minimum absolute atomic E-state index is 0. The summed E-state index contributed by atoms with van der Waals surface area (Å²) in [6.45, 7) is -2.94. The standard InChI is InChI=1S/C4H6F4O.C2H2F4O2.FH/c1-9-3(2-5)4(6,7)8;3-2(4,5)7-1-8-6;/h3H,2H2,1H3;1H2;1H. The van der Waals surface area contributed by atoms with Gasteiger partial charge in [-0.3, -0.25) is 9.44 Å². The molecule has 18 heavy (non-hydrogen) atoms. The summed E-state index contributed by atoms with van der Waals surface area (Å²) in [6.07, 6.45) is -11.7. The van der Waals surface area contributed by atoms with Crippen molar-refractivity contribution >= 4 is 0 Å². The van der Waals surface area contributed by atoms with Crippen molar-refractivity contribution in [1.29, 1.82) is 0 Å². The molecule has 0 aliphatic rings. The Bertz CT molecular complexity index is 176. The molecule has 1 unspecified atom stereocenters. The highest BCUT2D eigenvalue weighted by Crippen LogP contribution is 2.22. The second kappa shape index (κ2) is 10.2. The van der Waals surface area contributed by atoms with Crippen LogP contribution in [0.2, 0.25) is 0 Å². The molecule has 0 aliphatic heterocycles. The average molecular weight is 300 g/mol. The number of hydrogen-bond donors (Lipinski definition) is 0. The van der Waals surface area contributed by atoms with Crippen molar-refractivity contribution in [2.75, 3.05) is 20.6 Å². The van der Waals surface area contributed by atoms with Crippen molar-refractivity contribution in [2.45, 2.75) is 18.6 Å². The summed E-state index contributed by atoms with van der Waals surface area (Å²) in [6, 6.07) is 0. The zero-order chi connectivity index (χ0) is 14.1. The molecular formula is C6H9F9O3. The third kappa shape index (κ3) is 15.2. The van der Waals surface area contributed by atoms with Crippen LogP contribution in [0.3, 0.4) is 0 Å². The normalized spacial score (nSPS) is 13.2. The summed E-state index contributed by atoms with van der Waals surface area (Å²) >= 11 is 0. The van der Waals surface area contributed by atoms with Crippen LogP contribution >= 0.6 is 0 Å². The second-order valence-electron chi connectivity index (χ2n) is 2.24. The maximum Gasteiger partial charge on any atom is 0.524 e. The van der Waals surface area contributed by atoms with E-state index in [2.05, 4.69) is 14.4 Å². The molecule has 0 saturated carbocycles. The number of alkyl halides is 7. The molecule has 0 radical (unpaired) electrons. The zero-order valence-corrected chi connectivity index (χ0v) is 8.65. The second-order valence-corrected chi connectivity index (χ2v) is 2.24. The number of halogens is 9. The SMILES string of the molecule is COC(CF)C(F)(F)F.F.FOCOC(F)(F)F. The van der Waals surface area contributed by atoms with E-state index >= 15 is 0 Å². The highest BCUT2D eigenvalue weighted by Gasteiger charge is 2.39. The van der Waals surface area contributed by atoms with Gasteiger partial charge in [-0.05, 0) is 4.53 Å². The van der Waals surface area contributed by atoms with Crippen molar-refractivity contribution in [3.05, 3.63) is 0 Å². The molecule has 1 atom stereocenters. The molecule has 114 valence electrons. The summed E-state index contributed by atoms with van der Waals surface area (Å²) in [5.41, 5.74) is 0. The van der Waals surface area contributed by atoms with Crippen LogP contribution in [-0.4, -0.2) is 39.2 Å². The summed E-state index contributed by atoms with van der Waals surface area (Å²) in [5.74, 6) is 0. The van der Waals surface area contributed by atoms with Crippen LogP contribution in [-0.2, 0) is 14.4 Å². The van der Waals surface area contributed by atoms with E-state index in [1.54, 1.807) is 0 Å². The molecule has 0 aromatic carbocycles. The van der Waals surface area contributed by atoms with E-state index in [-0.39, 0.29) is 4.70 Å². The van der Waals surface area contributed by atoms with Gasteiger partial charge in [0.2, 0.25) is 0 Å². The molecule has 0 aliphatic carbocycles. The Morgan fingerprint density at radius 2 is 1.50 bits per heavy atom. The smallest absolute Gasteiger partial charge is 0.369 e. The molecule has 0 heterocycles. The van der Waals surface area contributed by atoms with Crippen LogP contribution in [0, 0.1) is 0 Å². The minimum atomic E-state index is -4.81. The van der Waals surface area contributed by atoms with Gasteiger partial charge in [0.25, 0.3) is 0 Å². The maximum atomic E-state index is 11.4. The summed E-state index contributed by atoms with van der Waals surface area (Å²) in [4.78, 5) is 2.48. The number of rotatable bonds is 4. The fourth-order valence-electron chi connectivity index (χ4n) is 0.373. The third-order valence-electron chi connectivity index (χ3n) is 1.06. The van der Waals surface area contributed by atoms with Crippen LogP contribution in [0.4, 0.5) is 40.0 Å². The highest BCUT2D eigenvalue weighted by molar-refractivity contribution is 4.64. The zero-order valence-electron chi connectivity index (χ0n) is 8.65. The fourth-order valence-corrected chi connectivity index (χ4v) is 0.373. The van der Waals surface area contributed by atoms with Crippen LogP contribution in [0.15, 0.2) is 0 Å². The van der Waals surface area contributed by atoms with Gasteiger partial charge in [0.1, 0.15) is 6.67 Å². The van der Waals surface area contributed by atoms with E-state index in [1.165, 1.54) is 0 Å². The van der Waals surface area contributed by atoms with Gasteiger partial charge in [-0.25, -0.2) is 4.39 Å². The van der Waals surface area contributed by atoms with Crippen LogP contribution in [0.1, 0.15) is 0 Å². The van der Waals surface area contributed by atoms with Gasteiger partial charge >= 0.3 is 12.5 Å². The Kier molecular flexibility index (Phi) is 12.7. The Balaban J connectivity index is -0.000000238. The Morgan fingerprint density at radius 1 is 1.06 bits per heavy atom. The average Bonchev–Trinajstić information content (AvgIpc) is 2.14. The summed E-state index contributed by atoms with van der Waals surface area (Å²) in [7, 11) is 0.817. The van der Waals surface area contributed by atoms with Crippen LogP contribution in [0.25, 0.3) is 0 Å². The van der Waals surface area contributed by atoms with Gasteiger partial charge in [0.15, 0.2) is 12.9 Å². The van der Waals surface area contributed by atoms with E-state index in [0.29, 0.717) is 0 Å². The summed E-state index contributed by atoms with van der Waals surface area (Å²) in [5, 5.41) is 0. The molecular weight excluding hydrogens is 291 g/mol. The van der Waals surface area contributed by atoms with Gasteiger partial charge < -0.3 is 4.74 Å². The van der Waals surface area contributed by atoms with Gasteiger partial charge in [-0.2, -0.15) is 18.1 Å². The molecule has 0 fully saturated rings. The van der Waals surface area contributed by atoms with E-state index in [9.17, 15) is 35.3 Å².